The molecule has 0 aliphatic carbocycles. The van der Waals surface area contributed by atoms with Gasteiger partial charge < -0.3 is 0 Å². The van der Waals surface area contributed by atoms with Crippen LogP contribution in [-0.2, 0) is 0 Å². The molecule has 2 rings (SSSR count). The zero-order chi connectivity index (χ0) is 10.1. The van der Waals surface area contributed by atoms with Crippen LogP contribution in [0.5, 0.6) is 0 Å². The van der Waals surface area contributed by atoms with E-state index in [2.05, 4.69) is 19.6 Å². The predicted octanol–water partition coefficient (Wildman–Crippen LogP) is 1.04. The van der Waals surface area contributed by atoms with Gasteiger partial charge in [0.1, 0.15) is 5.69 Å². The zero-order valence-electron chi connectivity index (χ0n) is 7.87. The summed E-state index contributed by atoms with van der Waals surface area (Å²) in [5.74, 6) is -0.200. The van der Waals surface area contributed by atoms with E-state index in [0.29, 0.717) is 11.5 Å². The molecule has 2 aromatic heterocycles. The van der Waals surface area contributed by atoms with Gasteiger partial charge in [-0.2, -0.15) is 0 Å². The van der Waals surface area contributed by atoms with Gasteiger partial charge in [0.2, 0.25) is 5.82 Å². The van der Waals surface area contributed by atoms with Gasteiger partial charge >= 0.3 is 5.76 Å². The Kier molecular flexibility index (Phi) is 1.92. The first kappa shape index (κ1) is 8.68. The Hall–Kier alpha value is -1.91. The summed E-state index contributed by atoms with van der Waals surface area (Å²) in [5.41, 5.74) is 2.66. The van der Waals surface area contributed by atoms with Crippen molar-refractivity contribution in [3.05, 3.63) is 33.9 Å². The van der Waals surface area contributed by atoms with E-state index in [-0.39, 0.29) is 0 Å². The Morgan fingerprint density at radius 1 is 1.43 bits per heavy atom. The lowest BCUT2D eigenvalue weighted by Crippen LogP contribution is -1.97. The lowest BCUT2D eigenvalue weighted by atomic mass is 10.1. The first-order valence-electron chi connectivity index (χ1n) is 4.16. The number of nitrogens with one attached hydrogen (secondary N) is 1. The second-order valence-electron chi connectivity index (χ2n) is 3.12. The van der Waals surface area contributed by atoms with Gasteiger partial charge in [-0.15, -0.1) is 0 Å². The molecule has 0 aromatic carbocycles. The van der Waals surface area contributed by atoms with Gasteiger partial charge in [-0.1, -0.05) is 11.2 Å². The van der Waals surface area contributed by atoms with Gasteiger partial charge in [0.25, 0.3) is 0 Å². The first-order valence-corrected chi connectivity index (χ1v) is 4.16. The maximum atomic E-state index is 10.7. The van der Waals surface area contributed by atoms with Gasteiger partial charge in [0.15, 0.2) is 0 Å². The number of hydrogen-bond acceptors (Lipinski definition) is 4. The Morgan fingerprint density at radius 2 is 2.21 bits per heavy atom. The normalized spacial score (nSPS) is 10.4. The van der Waals surface area contributed by atoms with Crippen LogP contribution in [0.1, 0.15) is 11.1 Å². The molecule has 0 saturated carbocycles. The summed E-state index contributed by atoms with van der Waals surface area (Å²) in [6.45, 7) is 3.86. The van der Waals surface area contributed by atoms with Gasteiger partial charge in [0.05, 0.1) is 0 Å². The molecular formula is C9H9N3O2. The average molecular weight is 191 g/mol. The third-order valence-corrected chi connectivity index (χ3v) is 1.88. The fourth-order valence-corrected chi connectivity index (χ4v) is 1.30. The molecule has 2 aromatic rings. The Bertz CT molecular complexity index is 513. The highest BCUT2D eigenvalue weighted by Gasteiger charge is 2.08. The van der Waals surface area contributed by atoms with Crippen molar-refractivity contribution in [3.8, 4) is 11.5 Å². The maximum Gasteiger partial charge on any atom is 0.439 e. The predicted molar refractivity (Wildman–Crippen MR) is 49.8 cm³/mol. The van der Waals surface area contributed by atoms with E-state index in [0.717, 1.165) is 11.1 Å². The largest absolute Gasteiger partial charge is 0.439 e. The Balaban J connectivity index is 2.57. The topological polar surface area (TPSA) is 71.8 Å². The summed E-state index contributed by atoms with van der Waals surface area (Å²) in [5, 5.41) is 3.57. The molecule has 0 aliphatic heterocycles. The molecule has 0 spiro atoms. The standard InChI is InChI=1S/C9H9N3O2/c1-5-3-6(2)7(10-4-5)8-11-9(13)14-12-8/h3-4H,1-2H3,(H,11,12,13). The molecule has 0 unspecified atom stereocenters. The minimum atomic E-state index is -0.568. The van der Waals surface area contributed by atoms with Gasteiger partial charge in [0, 0.05) is 6.20 Å². The molecule has 5 heteroatoms. The molecule has 0 radical (unpaired) electrons. The molecule has 0 bridgehead atoms. The number of H-pyrrole nitrogens is 1. The molecule has 0 amide bonds. The summed E-state index contributed by atoms with van der Waals surface area (Å²) in [4.78, 5) is 17.4. The smallest absolute Gasteiger partial charge is 0.296 e. The van der Waals surface area contributed by atoms with Crippen molar-refractivity contribution in [2.75, 3.05) is 0 Å². The molecule has 2 heterocycles. The van der Waals surface area contributed by atoms with Crippen LogP contribution in [0.25, 0.3) is 11.5 Å². The van der Waals surface area contributed by atoms with E-state index in [4.69, 9.17) is 0 Å². The number of aromatic nitrogens is 3. The van der Waals surface area contributed by atoms with Gasteiger partial charge in [-0.3, -0.25) is 14.5 Å². The Morgan fingerprint density at radius 3 is 2.79 bits per heavy atom. The Labute approximate surface area is 79.8 Å². The van der Waals surface area contributed by atoms with Crippen LogP contribution >= 0.6 is 0 Å². The molecule has 0 aliphatic rings. The highest BCUT2D eigenvalue weighted by molar-refractivity contribution is 5.53. The molecule has 0 fully saturated rings. The molecule has 14 heavy (non-hydrogen) atoms. The summed E-state index contributed by atoms with van der Waals surface area (Å²) in [6.07, 6.45) is 1.72. The van der Waals surface area contributed by atoms with Crippen molar-refractivity contribution in [2.45, 2.75) is 13.8 Å². The van der Waals surface area contributed by atoms with Crippen molar-refractivity contribution in [2.24, 2.45) is 0 Å². The van der Waals surface area contributed by atoms with Crippen molar-refractivity contribution in [1.82, 2.24) is 15.1 Å². The third-order valence-electron chi connectivity index (χ3n) is 1.88. The van der Waals surface area contributed by atoms with Crippen LogP contribution in [-0.4, -0.2) is 15.1 Å². The van der Waals surface area contributed by atoms with Crippen molar-refractivity contribution in [3.63, 3.8) is 0 Å². The fourth-order valence-electron chi connectivity index (χ4n) is 1.30. The monoisotopic (exact) mass is 191 g/mol. The van der Waals surface area contributed by atoms with E-state index >= 15 is 0 Å². The highest BCUT2D eigenvalue weighted by atomic mass is 16.5. The number of hydrogen-bond donors (Lipinski definition) is 1. The van der Waals surface area contributed by atoms with E-state index in [1.807, 2.05) is 19.9 Å². The van der Waals surface area contributed by atoms with E-state index < -0.39 is 5.76 Å². The zero-order valence-corrected chi connectivity index (χ0v) is 7.87. The minimum absolute atomic E-state index is 0.368. The second kappa shape index (κ2) is 3.10. The van der Waals surface area contributed by atoms with E-state index in [1.54, 1.807) is 6.20 Å². The fraction of sp³-hybridized carbons (Fsp3) is 0.222. The molecular weight excluding hydrogens is 182 g/mol. The average Bonchev–Trinajstić information content (AvgIpc) is 2.51. The lowest BCUT2D eigenvalue weighted by molar-refractivity contribution is 0.387. The van der Waals surface area contributed by atoms with E-state index in [9.17, 15) is 4.79 Å². The number of nitrogens with zero attached hydrogens (tertiary/aromatic N) is 2. The first-order chi connectivity index (χ1) is 6.66. The van der Waals surface area contributed by atoms with Crippen LogP contribution < -0.4 is 5.76 Å². The number of aromatic amines is 1. The van der Waals surface area contributed by atoms with Gasteiger partial charge in [-0.25, -0.2) is 4.79 Å². The molecule has 5 nitrogen and oxygen atoms in total. The van der Waals surface area contributed by atoms with Crippen LogP contribution in [0.15, 0.2) is 21.6 Å². The molecule has 72 valence electrons. The van der Waals surface area contributed by atoms with Crippen LogP contribution in [0.3, 0.4) is 0 Å². The molecule has 0 atom stereocenters. The van der Waals surface area contributed by atoms with Crippen LogP contribution in [0.2, 0.25) is 0 Å². The number of pyridine rings is 1. The van der Waals surface area contributed by atoms with Crippen molar-refractivity contribution < 1.29 is 4.52 Å². The summed E-state index contributed by atoms with van der Waals surface area (Å²) >= 11 is 0. The van der Waals surface area contributed by atoms with Crippen molar-refractivity contribution in [1.29, 1.82) is 0 Å². The minimum Gasteiger partial charge on any atom is -0.296 e. The summed E-state index contributed by atoms with van der Waals surface area (Å²) in [6, 6.07) is 1.97. The highest BCUT2D eigenvalue weighted by Crippen LogP contribution is 2.15. The molecule has 1 N–H and O–H groups in total. The van der Waals surface area contributed by atoms with Crippen molar-refractivity contribution >= 4 is 0 Å². The number of aryl methyl sites for hydroxylation is 2. The van der Waals surface area contributed by atoms with E-state index in [1.165, 1.54) is 0 Å². The summed E-state index contributed by atoms with van der Waals surface area (Å²) in [7, 11) is 0. The lowest BCUT2D eigenvalue weighted by Gasteiger charge is -2.00. The number of rotatable bonds is 1. The summed E-state index contributed by atoms with van der Waals surface area (Å²) < 4.78 is 4.40. The van der Waals surface area contributed by atoms with Crippen LogP contribution in [0.4, 0.5) is 0 Å². The van der Waals surface area contributed by atoms with Gasteiger partial charge in [-0.05, 0) is 25.0 Å². The third kappa shape index (κ3) is 1.44. The molecule has 0 saturated heterocycles. The SMILES string of the molecule is Cc1cnc(-c2noc(=O)[nH]2)c(C)c1. The maximum absolute atomic E-state index is 10.7. The quantitative estimate of drug-likeness (QED) is 0.731. The second-order valence-corrected chi connectivity index (χ2v) is 3.12. The van der Waals surface area contributed by atoms with Crippen LogP contribution in [0, 0.1) is 13.8 Å².